The first-order valence-electron chi connectivity index (χ1n) is 17.1. The van der Waals surface area contributed by atoms with Gasteiger partial charge in [0.05, 0.1) is 12.1 Å². The number of aromatic hydroxyl groups is 2. The van der Waals surface area contributed by atoms with Crippen molar-refractivity contribution in [2.24, 2.45) is 9.98 Å². The first-order chi connectivity index (χ1) is 21.8. The van der Waals surface area contributed by atoms with E-state index in [1.807, 2.05) is 12.4 Å². The molecule has 49 heavy (non-hydrogen) atoms. The summed E-state index contributed by atoms with van der Waals surface area (Å²) >= 11 is 0. The van der Waals surface area contributed by atoms with Crippen LogP contribution in [-0.4, -0.2) is 56.9 Å². The first kappa shape index (κ1) is 45.9. The van der Waals surface area contributed by atoms with Gasteiger partial charge in [-0.1, -0.05) is 108 Å². The number of aliphatic carboxylic acids is 2. The number of carbonyl (C=O) groups is 2. The van der Waals surface area contributed by atoms with E-state index in [2.05, 4.69) is 86.6 Å². The Morgan fingerprint density at radius 1 is 0.816 bits per heavy atom. The van der Waals surface area contributed by atoms with Gasteiger partial charge < -0.3 is 20.4 Å². The van der Waals surface area contributed by atoms with Crippen LogP contribution >= 0.6 is 0 Å². The monoisotopic (exact) mass is 718 g/mol. The minimum absolute atomic E-state index is 0. The van der Waals surface area contributed by atoms with Crippen molar-refractivity contribution < 1.29 is 47.4 Å². The van der Waals surface area contributed by atoms with Crippen LogP contribution in [0.4, 0.5) is 0 Å². The molecule has 0 aromatic heterocycles. The third-order valence-corrected chi connectivity index (χ3v) is 8.54. The number of nitrogens with zero attached hydrogens (tertiary/aromatic N) is 2. The number of aryl methyl sites for hydroxylation is 1. The molecule has 0 spiro atoms. The Balaban J connectivity index is 0.00000231. The smallest absolute Gasteiger partial charge is 0.314 e. The van der Waals surface area contributed by atoms with E-state index in [-0.39, 0.29) is 53.6 Å². The Hall–Kier alpha value is -3.15. The van der Waals surface area contributed by atoms with Gasteiger partial charge in [-0.25, -0.2) is 0 Å². The third-order valence-electron chi connectivity index (χ3n) is 8.54. The molecule has 4 N–H and O–H groups in total. The second kappa shape index (κ2) is 20.5. The standard InChI is InChI=1S/C36H54N2O2.C3H4O4.CH4.Cr/c1-10-11-12-15-25-18-26(33(39)29(19-25)24(2)3)22-37-31-16-13-14-17-32(31)38-23-27-20-28(35(4,5)6)21-30(34(27)40)36(7,8)9;4-2(5)1-3(6)7;;/h18-24,31-32,39-40H,10-17H2,1-9H3;1H2,(H,4,5)(H,6,7);1H4;. The van der Waals surface area contributed by atoms with Crippen molar-refractivity contribution in [2.75, 3.05) is 0 Å². The van der Waals surface area contributed by atoms with Crippen LogP contribution < -0.4 is 0 Å². The van der Waals surface area contributed by atoms with Crippen molar-refractivity contribution in [1.29, 1.82) is 0 Å². The number of carboxylic acid groups (broad SMARTS) is 2. The molecule has 9 heteroatoms. The van der Waals surface area contributed by atoms with E-state index in [9.17, 15) is 19.8 Å². The zero-order chi connectivity index (χ0) is 35.5. The summed E-state index contributed by atoms with van der Waals surface area (Å²) in [7, 11) is 0. The van der Waals surface area contributed by atoms with Crippen molar-refractivity contribution >= 4 is 24.4 Å². The molecule has 274 valence electrons. The van der Waals surface area contributed by atoms with Crippen LogP contribution in [0.5, 0.6) is 11.5 Å². The molecule has 0 amide bonds. The van der Waals surface area contributed by atoms with Gasteiger partial charge in [-0.2, -0.15) is 0 Å². The average Bonchev–Trinajstić information content (AvgIpc) is 2.95. The normalized spacial score (nSPS) is 16.5. The molecule has 0 saturated heterocycles. The van der Waals surface area contributed by atoms with E-state index in [0.29, 0.717) is 11.5 Å². The largest absolute Gasteiger partial charge is 0.507 e. The molecule has 3 rings (SSSR count). The summed E-state index contributed by atoms with van der Waals surface area (Å²) in [6.45, 7) is 19.5. The fourth-order valence-corrected chi connectivity index (χ4v) is 5.69. The van der Waals surface area contributed by atoms with Gasteiger partial charge in [-0.15, -0.1) is 0 Å². The Morgan fingerprint density at radius 2 is 1.33 bits per heavy atom. The molecule has 1 aliphatic rings. The van der Waals surface area contributed by atoms with Gasteiger partial charge >= 0.3 is 11.9 Å². The molecule has 1 saturated carbocycles. The number of benzene rings is 2. The number of hydrogen-bond acceptors (Lipinski definition) is 6. The molecule has 0 aliphatic heterocycles. The van der Waals surface area contributed by atoms with Crippen LogP contribution in [0.25, 0.3) is 0 Å². The maximum Gasteiger partial charge on any atom is 0.314 e. The molecule has 2 unspecified atom stereocenters. The number of aliphatic imine (C=N–C) groups is 2. The molecule has 1 fully saturated rings. The van der Waals surface area contributed by atoms with Crippen LogP contribution in [0.15, 0.2) is 34.3 Å². The van der Waals surface area contributed by atoms with Gasteiger partial charge in [-0.3, -0.25) is 19.6 Å². The second-order valence-electron chi connectivity index (χ2n) is 15.1. The van der Waals surface area contributed by atoms with Gasteiger partial charge in [0, 0.05) is 46.5 Å². The molecule has 0 bridgehead atoms. The minimum atomic E-state index is -1.31. The molecule has 8 nitrogen and oxygen atoms in total. The number of phenolic OH excluding ortho intramolecular Hbond substituents is 2. The van der Waals surface area contributed by atoms with Crippen molar-refractivity contribution in [3.8, 4) is 11.5 Å². The number of unbranched alkanes of at least 4 members (excludes halogenated alkanes) is 2. The van der Waals surface area contributed by atoms with Gasteiger partial charge in [0.1, 0.15) is 17.9 Å². The molecular weight excluding hydrogens is 656 g/mol. The van der Waals surface area contributed by atoms with E-state index in [1.54, 1.807) is 0 Å². The summed E-state index contributed by atoms with van der Waals surface area (Å²) in [6, 6.07) is 8.64. The maximum absolute atomic E-state index is 11.2. The SMILES string of the molecule is C.CCCCCc1cc(C=NC2CCCCC2N=Cc2cc(C(C)(C)C)cc(C(C)(C)C)c2O)c(O)c(C(C)C)c1.O=C(O)CC(=O)O.[Cr]. The Morgan fingerprint density at radius 3 is 1.73 bits per heavy atom. The molecule has 0 heterocycles. The molecule has 0 radical (unpaired) electrons. The van der Waals surface area contributed by atoms with Crippen LogP contribution in [0.2, 0.25) is 0 Å². The number of carboxylic acids is 2. The Bertz CT molecular complexity index is 1410. The predicted molar refractivity (Wildman–Crippen MR) is 199 cm³/mol. The van der Waals surface area contributed by atoms with Crippen LogP contribution in [0, 0.1) is 0 Å². The first-order valence-corrected chi connectivity index (χ1v) is 17.1. The van der Waals surface area contributed by atoms with Crippen LogP contribution in [0.3, 0.4) is 0 Å². The predicted octanol–water partition coefficient (Wildman–Crippen LogP) is 9.58. The van der Waals surface area contributed by atoms with E-state index in [0.717, 1.165) is 60.8 Å². The van der Waals surface area contributed by atoms with E-state index < -0.39 is 18.4 Å². The summed E-state index contributed by atoms with van der Waals surface area (Å²) in [6.07, 6.45) is 11.8. The summed E-state index contributed by atoms with van der Waals surface area (Å²) in [5, 5.41) is 37.7. The number of hydrogen-bond donors (Lipinski definition) is 4. The molecule has 2 aromatic carbocycles. The van der Waals surface area contributed by atoms with Crippen molar-refractivity contribution in [1.82, 2.24) is 0 Å². The number of phenols is 2. The Labute approximate surface area is 306 Å². The van der Waals surface area contributed by atoms with Gasteiger partial charge in [-0.05, 0) is 71.3 Å². The van der Waals surface area contributed by atoms with E-state index in [1.165, 1.54) is 24.0 Å². The maximum atomic E-state index is 11.2. The molecule has 2 atom stereocenters. The molecule has 2 aromatic rings. The summed E-state index contributed by atoms with van der Waals surface area (Å²) in [5.41, 5.74) is 5.82. The zero-order valence-corrected chi connectivity index (χ0v) is 31.7. The second-order valence-corrected chi connectivity index (χ2v) is 15.1. The van der Waals surface area contributed by atoms with Crippen molar-refractivity contribution in [3.63, 3.8) is 0 Å². The fraction of sp³-hybridized carbons (Fsp3) is 0.600. The van der Waals surface area contributed by atoms with Crippen molar-refractivity contribution in [3.05, 3.63) is 57.6 Å². The summed E-state index contributed by atoms with van der Waals surface area (Å²) in [4.78, 5) is 28.9. The van der Waals surface area contributed by atoms with Crippen LogP contribution in [-0.2, 0) is 44.2 Å². The Kier molecular flexibility index (Phi) is 19.2. The molecule has 1 aliphatic carbocycles. The van der Waals surface area contributed by atoms with E-state index >= 15 is 0 Å². The van der Waals surface area contributed by atoms with Crippen LogP contribution in [0.1, 0.15) is 160 Å². The topological polar surface area (TPSA) is 140 Å². The van der Waals surface area contributed by atoms with Crippen molar-refractivity contribution in [2.45, 2.75) is 156 Å². The van der Waals surface area contributed by atoms with E-state index in [4.69, 9.17) is 20.2 Å². The summed E-state index contributed by atoms with van der Waals surface area (Å²) < 4.78 is 0. The minimum Gasteiger partial charge on any atom is -0.507 e. The van der Waals surface area contributed by atoms with Gasteiger partial charge in [0.25, 0.3) is 0 Å². The van der Waals surface area contributed by atoms with Gasteiger partial charge in [0.15, 0.2) is 0 Å². The average molecular weight is 719 g/mol. The number of rotatable bonds is 11. The van der Waals surface area contributed by atoms with Gasteiger partial charge in [0.2, 0.25) is 0 Å². The zero-order valence-electron chi connectivity index (χ0n) is 30.5. The molecular formula is C40H62CrN2O6. The summed E-state index contributed by atoms with van der Waals surface area (Å²) in [5.74, 6) is -1.70. The third kappa shape index (κ3) is 14.7. The fourth-order valence-electron chi connectivity index (χ4n) is 5.69. The quantitative estimate of drug-likeness (QED) is 0.104.